The smallest absolute Gasteiger partial charge is 0.242 e. The van der Waals surface area contributed by atoms with E-state index in [-0.39, 0.29) is 12.1 Å². The van der Waals surface area contributed by atoms with Gasteiger partial charge >= 0.3 is 0 Å². The van der Waals surface area contributed by atoms with Crippen LogP contribution in [0.5, 0.6) is 5.88 Å². The van der Waals surface area contributed by atoms with Gasteiger partial charge in [0.2, 0.25) is 5.88 Å². The van der Waals surface area contributed by atoms with Crippen molar-refractivity contribution in [2.45, 2.75) is 39.3 Å². The molecule has 0 fully saturated rings. The van der Waals surface area contributed by atoms with Gasteiger partial charge in [0, 0.05) is 6.04 Å². The largest absolute Gasteiger partial charge is 0.473 e. The summed E-state index contributed by atoms with van der Waals surface area (Å²) >= 11 is 1.70. The van der Waals surface area contributed by atoms with Crippen LogP contribution in [0.15, 0.2) is 23.2 Å². The van der Waals surface area contributed by atoms with E-state index in [0.29, 0.717) is 17.4 Å². The van der Waals surface area contributed by atoms with Gasteiger partial charge in [0.15, 0.2) is 5.82 Å². The van der Waals surface area contributed by atoms with Crippen molar-refractivity contribution in [1.82, 2.24) is 9.97 Å². The summed E-state index contributed by atoms with van der Waals surface area (Å²) in [5.41, 5.74) is 7.81. The van der Waals surface area contributed by atoms with Gasteiger partial charge in [-0.2, -0.15) is 16.3 Å². The maximum atomic E-state index is 6.04. The van der Waals surface area contributed by atoms with Crippen molar-refractivity contribution in [3.8, 4) is 5.88 Å². The van der Waals surface area contributed by atoms with Gasteiger partial charge in [-0.15, -0.1) is 0 Å². The molecule has 0 spiro atoms. The average molecular weight is 292 g/mol. The van der Waals surface area contributed by atoms with Crippen molar-refractivity contribution < 1.29 is 4.74 Å². The van der Waals surface area contributed by atoms with Crippen molar-refractivity contribution in [1.29, 1.82) is 0 Å². The third-order valence-electron chi connectivity index (χ3n) is 2.70. The molecule has 0 saturated heterocycles. The molecule has 2 rings (SSSR count). The molecule has 0 aliphatic rings. The first-order chi connectivity index (χ1) is 9.56. The van der Waals surface area contributed by atoms with Gasteiger partial charge in [0.25, 0.3) is 0 Å². The second-order valence-electron chi connectivity index (χ2n) is 4.99. The minimum Gasteiger partial charge on any atom is -0.473 e. The lowest BCUT2D eigenvalue weighted by molar-refractivity contribution is 0.234. The fourth-order valence-electron chi connectivity index (χ4n) is 1.86. The van der Waals surface area contributed by atoms with Crippen LogP contribution >= 0.6 is 11.3 Å². The predicted octanol–water partition coefficient (Wildman–Crippen LogP) is 2.95. The zero-order valence-corrected chi connectivity index (χ0v) is 12.8. The van der Waals surface area contributed by atoms with Gasteiger partial charge in [-0.3, -0.25) is 0 Å². The second-order valence-corrected chi connectivity index (χ2v) is 5.77. The SMILES string of the molecule is CC(Cc1ccsc1)Nc1ncnc(OC(C)C)c1N. The number of thiophene rings is 1. The highest BCUT2D eigenvalue weighted by atomic mass is 32.1. The van der Waals surface area contributed by atoms with E-state index >= 15 is 0 Å². The van der Waals surface area contributed by atoms with Crippen LogP contribution in [0.4, 0.5) is 11.5 Å². The minimum atomic E-state index is 0.0308. The Kier molecular flexibility index (Phi) is 4.79. The molecule has 0 bridgehead atoms. The van der Waals surface area contributed by atoms with Crippen molar-refractivity contribution in [2.24, 2.45) is 0 Å². The van der Waals surface area contributed by atoms with Crippen molar-refractivity contribution in [3.05, 3.63) is 28.7 Å². The molecule has 6 heteroatoms. The van der Waals surface area contributed by atoms with Crippen LogP contribution in [0.25, 0.3) is 0 Å². The summed E-state index contributed by atoms with van der Waals surface area (Å²) in [6, 6.07) is 2.35. The number of rotatable bonds is 6. The third-order valence-corrected chi connectivity index (χ3v) is 3.43. The summed E-state index contributed by atoms with van der Waals surface area (Å²) in [6.07, 6.45) is 2.42. The molecule has 1 unspecified atom stereocenters. The maximum absolute atomic E-state index is 6.04. The second kappa shape index (κ2) is 6.56. The summed E-state index contributed by atoms with van der Waals surface area (Å²) in [6.45, 7) is 5.98. The van der Waals surface area contributed by atoms with E-state index < -0.39 is 0 Å². The van der Waals surface area contributed by atoms with Crippen LogP contribution in [0, 0.1) is 0 Å². The highest BCUT2D eigenvalue weighted by molar-refractivity contribution is 7.07. The fourth-order valence-corrected chi connectivity index (χ4v) is 2.54. The molecule has 2 heterocycles. The van der Waals surface area contributed by atoms with Crippen LogP contribution in [0.2, 0.25) is 0 Å². The van der Waals surface area contributed by atoms with E-state index in [1.165, 1.54) is 11.9 Å². The normalized spacial score (nSPS) is 12.4. The zero-order chi connectivity index (χ0) is 14.5. The highest BCUT2D eigenvalue weighted by Crippen LogP contribution is 2.26. The van der Waals surface area contributed by atoms with Gasteiger partial charge < -0.3 is 15.8 Å². The molecular formula is C14H20N4OS. The average Bonchev–Trinajstić information content (AvgIpc) is 2.86. The molecule has 0 radical (unpaired) electrons. The Morgan fingerprint density at radius 1 is 1.35 bits per heavy atom. The van der Waals surface area contributed by atoms with E-state index in [1.54, 1.807) is 11.3 Å². The molecule has 3 N–H and O–H groups in total. The summed E-state index contributed by atoms with van der Waals surface area (Å²) in [4.78, 5) is 8.26. The molecule has 5 nitrogen and oxygen atoms in total. The Morgan fingerprint density at radius 2 is 2.15 bits per heavy atom. The number of aromatic nitrogens is 2. The molecule has 20 heavy (non-hydrogen) atoms. The number of nitrogen functional groups attached to an aromatic ring is 1. The number of hydrogen-bond acceptors (Lipinski definition) is 6. The zero-order valence-electron chi connectivity index (χ0n) is 12.0. The Morgan fingerprint density at radius 3 is 2.80 bits per heavy atom. The predicted molar refractivity (Wildman–Crippen MR) is 83.3 cm³/mol. The van der Waals surface area contributed by atoms with Crippen LogP contribution in [0.1, 0.15) is 26.3 Å². The topological polar surface area (TPSA) is 73.1 Å². The summed E-state index contributed by atoms with van der Waals surface area (Å²) in [7, 11) is 0. The molecule has 0 aliphatic heterocycles. The Hall–Kier alpha value is -1.82. The highest BCUT2D eigenvalue weighted by Gasteiger charge is 2.13. The lowest BCUT2D eigenvalue weighted by Crippen LogP contribution is -2.20. The molecule has 108 valence electrons. The van der Waals surface area contributed by atoms with E-state index in [0.717, 1.165) is 6.42 Å². The Labute approximate surface area is 123 Å². The van der Waals surface area contributed by atoms with Crippen LogP contribution in [-0.2, 0) is 6.42 Å². The maximum Gasteiger partial charge on any atom is 0.242 e. The summed E-state index contributed by atoms with van der Waals surface area (Å²) in [5.74, 6) is 1.05. The van der Waals surface area contributed by atoms with E-state index in [9.17, 15) is 0 Å². The lowest BCUT2D eigenvalue weighted by Gasteiger charge is -2.17. The van der Waals surface area contributed by atoms with Gasteiger partial charge in [0.05, 0.1) is 6.10 Å². The van der Waals surface area contributed by atoms with Gasteiger partial charge in [-0.25, -0.2) is 4.98 Å². The number of nitrogens with two attached hydrogens (primary N) is 1. The number of nitrogens with zero attached hydrogens (tertiary/aromatic N) is 2. The van der Waals surface area contributed by atoms with Crippen LogP contribution in [0.3, 0.4) is 0 Å². The van der Waals surface area contributed by atoms with Gasteiger partial charge in [-0.1, -0.05) is 0 Å². The standard InChI is InChI=1S/C14H20N4OS/c1-9(2)19-14-12(15)13(16-8-17-14)18-10(3)6-11-4-5-20-7-11/h4-5,7-10H,6,15H2,1-3H3,(H,16,17,18). The monoisotopic (exact) mass is 292 g/mol. The fraction of sp³-hybridized carbons (Fsp3) is 0.429. The summed E-state index contributed by atoms with van der Waals surface area (Å²) < 4.78 is 5.56. The molecule has 0 saturated carbocycles. The lowest BCUT2D eigenvalue weighted by atomic mass is 10.1. The molecule has 2 aromatic heterocycles. The molecule has 0 aliphatic carbocycles. The van der Waals surface area contributed by atoms with E-state index in [1.807, 2.05) is 13.8 Å². The molecular weight excluding hydrogens is 272 g/mol. The number of nitrogens with one attached hydrogen (secondary N) is 1. The van der Waals surface area contributed by atoms with E-state index in [2.05, 4.69) is 39.0 Å². The molecule has 0 aromatic carbocycles. The first-order valence-electron chi connectivity index (χ1n) is 6.61. The van der Waals surface area contributed by atoms with E-state index in [4.69, 9.17) is 10.5 Å². The minimum absolute atomic E-state index is 0.0308. The Bertz CT molecular complexity index is 542. The Balaban J connectivity index is 2.05. The third kappa shape index (κ3) is 3.84. The quantitative estimate of drug-likeness (QED) is 0.856. The van der Waals surface area contributed by atoms with Crippen molar-refractivity contribution >= 4 is 22.8 Å². The first kappa shape index (κ1) is 14.6. The molecule has 1 atom stereocenters. The first-order valence-corrected chi connectivity index (χ1v) is 7.55. The van der Waals surface area contributed by atoms with Gasteiger partial charge in [-0.05, 0) is 49.6 Å². The molecule has 2 aromatic rings. The molecule has 0 amide bonds. The van der Waals surface area contributed by atoms with Crippen LogP contribution in [-0.4, -0.2) is 22.1 Å². The van der Waals surface area contributed by atoms with Crippen molar-refractivity contribution in [2.75, 3.05) is 11.1 Å². The number of anilines is 2. The van der Waals surface area contributed by atoms with Gasteiger partial charge in [0.1, 0.15) is 12.0 Å². The van der Waals surface area contributed by atoms with Crippen molar-refractivity contribution in [3.63, 3.8) is 0 Å². The van der Waals surface area contributed by atoms with Crippen LogP contribution < -0.4 is 15.8 Å². The summed E-state index contributed by atoms with van der Waals surface area (Å²) in [5, 5.41) is 7.54. The number of ether oxygens (including phenoxy) is 1. The number of hydrogen-bond donors (Lipinski definition) is 2.